The zero-order valence-corrected chi connectivity index (χ0v) is 14.9. The van der Waals surface area contributed by atoms with Crippen LogP contribution in [0.1, 0.15) is 0 Å². The van der Waals surface area contributed by atoms with Crippen LogP contribution in [0.5, 0.6) is 0 Å². The van der Waals surface area contributed by atoms with Gasteiger partial charge in [-0.2, -0.15) is 5.10 Å². The van der Waals surface area contributed by atoms with Crippen molar-refractivity contribution in [3.8, 4) is 22.4 Å². The fraction of sp³-hybridized carbons (Fsp3) is 0.222. The van der Waals surface area contributed by atoms with E-state index in [0.29, 0.717) is 24.0 Å². The van der Waals surface area contributed by atoms with Crippen LogP contribution in [0.4, 0.5) is 0 Å². The summed E-state index contributed by atoms with van der Waals surface area (Å²) < 4.78 is 11.0. The largest absolute Gasteiger partial charge is 0.349 e. The Hall–Kier alpha value is -1.86. The molecular weight excluding hydrogens is 358 g/mol. The molecule has 1 aliphatic rings. The first-order chi connectivity index (χ1) is 12.3. The molecular formula is C18H16ClN3O2S. The number of H-pyrrole nitrogens is 1. The van der Waals surface area contributed by atoms with Gasteiger partial charge in [-0.05, 0) is 29.8 Å². The molecule has 0 radical (unpaired) electrons. The van der Waals surface area contributed by atoms with Crippen molar-refractivity contribution in [1.29, 1.82) is 0 Å². The quantitative estimate of drug-likeness (QED) is 0.677. The number of hydrogen-bond acceptors (Lipinski definition) is 5. The fourth-order valence-electron chi connectivity index (χ4n) is 2.69. The predicted molar refractivity (Wildman–Crippen MR) is 98.7 cm³/mol. The van der Waals surface area contributed by atoms with Gasteiger partial charge in [0, 0.05) is 28.5 Å². The number of aromatic amines is 1. The van der Waals surface area contributed by atoms with Crippen LogP contribution >= 0.6 is 23.4 Å². The molecule has 2 aromatic heterocycles. The van der Waals surface area contributed by atoms with Crippen molar-refractivity contribution in [2.45, 2.75) is 11.3 Å². The van der Waals surface area contributed by atoms with Crippen LogP contribution in [-0.4, -0.2) is 40.4 Å². The lowest BCUT2D eigenvalue weighted by Gasteiger charge is -2.09. The van der Waals surface area contributed by atoms with Gasteiger partial charge in [0.25, 0.3) is 0 Å². The summed E-state index contributed by atoms with van der Waals surface area (Å²) in [5.74, 6) is 0.697. The predicted octanol–water partition coefficient (Wildman–Crippen LogP) is 4.26. The van der Waals surface area contributed by atoms with Gasteiger partial charge in [0.1, 0.15) is 5.03 Å². The molecule has 0 aliphatic carbocycles. The molecule has 1 aromatic carbocycles. The summed E-state index contributed by atoms with van der Waals surface area (Å²) >= 11 is 7.64. The first kappa shape index (κ1) is 16.6. The van der Waals surface area contributed by atoms with Crippen LogP contribution in [0.2, 0.25) is 5.02 Å². The average molecular weight is 374 g/mol. The molecule has 1 aliphatic heterocycles. The Bertz CT molecular complexity index is 833. The lowest BCUT2D eigenvalue weighted by molar-refractivity contribution is -0.0214. The van der Waals surface area contributed by atoms with Gasteiger partial charge < -0.3 is 9.47 Å². The Labute approximate surface area is 154 Å². The van der Waals surface area contributed by atoms with Crippen molar-refractivity contribution in [2.24, 2.45) is 0 Å². The molecule has 0 unspecified atom stereocenters. The van der Waals surface area contributed by atoms with Crippen LogP contribution < -0.4 is 0 Å². The molecule has 1 N–H and O–H groups in total. The highest BCUT2D eigenvalue weighted by molar-refractivity contribution is 7.99. The summed E-state index contributed by atoms with van der Waals surface area (Å²) in [5, 5.41) is 9.31. The van der Waals surface area contributed by atoms with Gasteiger partial charge in [-0.15, -0.1) is 0 Å². The number of pyridine rings is 1. The summed E-state index contributed by atoms with van der Waals surface area (Å²) in [6.07, 6.45) is 3.39. The van der Waals surface area contributed by atoms with Gasteiger partial charge in [-0.25, -0.2) is 0 Å². The van der Waals surface area contributed by atoms with E-state index in [4.69, 9.17) is 21.1 Å². The van der Waals surface area contributed by atoms with E-state index in [2.05, 4.69) is 15.2 Å². The molecule has 5 nitrogen and oxygen atoms in total. The van der Waals surface area contributed by atoms with E-state index in [1.165, 1.54) is 0 Å². The van der Waals surface area contributed by atoms with Gasteiger partial charge in [0.05, 0.1) is 24.7 Å². The Kier molecular flexibility index (Phi) is 5.03. The third-order valence-electron chi connectivity index (χ3n) is 3.88. The van der Waals surface area contributed by atoms with E-state index < -0.39 is 0 Å². The minimum absolute atomic E-state index is 0.175. The molecule has 0 spiro atoms. The van der Waals surface area contributed by atoms with Crippen LogP contribution in [0.15, 0.2) is 53.8 Å². The zero-order valence-electron chi connectivity index (χ0n) is 13.3. The van der Waals surface area contributed by atoms with Gasteiger partial charge in [0.2, 0.25) is 0 Å². The second kappa shape index (κ2) is 7.58. The van der Waals surface area contributed by atoms with Crippen LogP contribution in [0.25, 0.3) is 22.4 Å². The number of hydrogen-bond donors (Lipinski definition) is 1. The third-order valence-corrected chi connectivity index (χ3v) is 5.14. The summed E-state index contributed by atoms with van der Waals surface area (Å²) in [5.41, 5.74) is 4.10. The standard InChI is InChI=1S/C18H16ClN3O2S/c19-14-3-1-13(2-4-14)17-16(12-5-7-20-8-6-12)18(22-21-17)25-11-15-23-9-10-24-15/h1-8,15H,9-11H2,(H,21,22). The minimum atomic E-state index is -0.175. The minimum Gasteiger partial charge on any atom is -0.349 e. The number of nitrogens with zero attached hydrogens (tertiary/aromatic N) is 2. The van der Waals surface area contributed by atoms with E-state index in [1.54, 1.807) is 24.2 Å². The second-order valence-electron chi connectivity index (χ2n) is 5.50. The molecule has 0 amide bonds. The van der Waals surface area contributed by atoms with Crippen molar-refractivity contribution in [3.05, 3.63) is 53.8 Å². The molecule has 0 atom stereocenters. The number of aromatic nitrogens is 3. The molecule has 0 saturated carbocycles. The van der Waals surface area contributed by atoms with Crippen LogP contribution in [0.3, 0.4) is 0 Å². The maximum Gasteiger partial charge on any atom is 0.167 e. The number of ether oxygens (including phenoxy) is 2. The van der Waals surface area contributed by atoms with Crippen molar-refractivity contribution in [1.82, 2.24) is 15.2 Å². The SMILES string of the molecule is Clc1ccc(-c2[nH]nc(SCC3OCCO3)c2-c2ccncc2)cc1. The zero-order chi connectivity index (χ0) is 17.1. The summed E-state index contributed by atoms with van der Waals surface area (Å²) in [6, 6.07) is 11.7. The second-order valence-corrected chi connectivity index (χ2v) is 6.95. The van der Waals surface area contributed by atoms with Crippen molar-refractivity contribution in [2.75, 3.05) is 19.0 Å². The van der Waals surface area contributed by atoms with Crippen molar-refractivity contribution in [3.63, 3.8) is 0 Å². The molecule has 1 fully saturated rings. The average Bonchev–Trinajstić information content (AvgIpc) is 3.31. The third kappa shape index (κ3) is 3.72. The molecule has 7 heteroatoms. The van der Waals surface area contributed by atoms with E-state index in [9.17, 15) is 0 Å². The topological polar surface area (TPSA) is 60.0 Å². The van der Waals surface area contributed by atoms with Crippen molar-refractivity contribution < 1.29 is 9.47 Å². The van der Waals surface area contributed by atoms with Crippen molar-refractivity contribution >= 4 is 23.4 Å². The molecule has 1 saturated heterocycles. The normalized spacial score (nSPS) is 14.9. The molecule has 25 heavy (non-hydrogen) atoms. The summed E-state index contributed by atoms with van der Waals surface area (Å²) in [4.78, 5) is 4.11. The number of halogens is 1. The number of nitrogens with one attached hydrogen (secondary N) is 1. The molecule has 3 heterocycles. The molecule has 4 rings (SSSR count). The summed E-state index contributed by atoms with van der Waals surface area (Å²) in [7, 11) is 0. The Morgan fingerprint density at radius 1 is 1.04 bits per heavy atom. The van der Waals surface area contributed by atoms with E-state index in [0.717, 1.165) is 27.4 Å². The smallest absolute Gasteiger partial charge is 0.167 e. The molecule has 3 aromatic rings. The Morgan fingerprint density at radius 2 is 1.76 bits per heavy atom. The highest BCUT2D eigenvalue weighted by Gasteiger charge is 2.21. The Balaban J connectivity index is 1.70. The van der Waals surface area contributed by atoms with Gasteiger partial charge in [-0.3, -0.25) is 10.1 Å². The monoisotopic (exact) mass is 373 g/mol. The first-order valence-electron chi connectivity index (χ1n) is 7.92. The van der Waals surface area contributed by atoms with Gasteiger partial charge >= 0.3 is 0 Å². The van der Waals surface area contributed by atoms with Crippen LogP contribution in [0, 0.1) is 0 Å². The Morgan fingerprint density at radius 3 is 2.48 bits per heavy atom. The maximum absolute atomic E-state index is 6.02. The van der Waals surface area contributed by atoms with Gasteiger partial charge in [-0.1, -0.05) is 35.5 Å². The number of rotatable bonds is 5. The molecule has 0 bridgehead atoms. The lowest BCUT2D eigenvalue weighted by Crippen LogP contribution is -2.10. The van der Waals surface area contributed by atoms with Gasteiger partial charge in [0.15, 0.2) is 6.29 Å². The highest BCUT2D eigenvalue weighted by Crippen LogP contribution is 2.38. The first-order valence-corrected chi connectivity index (χ1v) is 9.28. The number of thioether (sulfide) groups is 1. The summed E-state index contributed by atoms with van der Waals surface area (Å²) in [6.45, 7) is 1.30. The number of benzene rings is 1. The van der Waals surface area contributed by atoms with E-state index >= 15 is 0 Å². The van der Waals surface area contributed by atoms with E-state index in [-0.39, 0.29) is 6.29 Å². The lowest BCUT2D eigenvalue weighted by atomic mass is 10.0. The highest BCUT2D eigenvalue weighted by atomic mass is 35.5. The maximum atomic E-state index is 6.02. The van der Waals surface area contributed by atoms with E-state index in [1.807, 2.05) is 36.4 Å². The molecule has 128 valence electrons. The van der Waals surface area contributed by atoms with Crippen LogP contribution in [-0.2, 0) is 9.47 Å². The fourth-order valence-corrected chi connectivity index (χ4v) is 3.78.